The molecule has 1 heterocycles. The molecular weight excluding hydrogens is 508 g/mol. The summed E-state index contributed by atoms with van der Waals surface area (Å²) in [5.41, 5.74) is 3.57. The Morgan fingerprint density at radius 1 is 0.872 bits per heavy atom. The van der Waals surface area contributed by atoms with Gasteiger partial charge in [0.25, 0.3) is 10.0 Å². The standard InChI is InChI=1S/C30H36N6O2S/c1-21-11-17-26(18-12-21)39(37,38)35-25-8-6-7-22(19-25)20-31-23-13-15-24(16-14-23)32-30-33-28-10-5-4-9-27(28)29(34-30)36(2)3/h4-12,17-19,23-24,31,35H,13-16,20H2,1-3H3,(H,32,33,34)/t23-,24+. The zero-order chi connectivity index (χ0) is 27.4. The first-order chi connectivity index (χ1) is 18.8. The number of aryl methyl sites for hydroxylation is 1. The first-order valence-electron chi connectivity index (χ1n) is 13.4. The Hall–Kier alpha value is -3.69. The molecule has 9 heteroatoms. The number of benzene rings is 3. The Morgan fingerprint density at radius 3 is 2.33 bits per heavy atom. The number of hydrogen-bond acceptors (Lipinski definition) is 7. The van der Waals surface area contributed by atoms with Crippen LogP contribution in [0.25, 0.3) is 10.9 Å². The topological polar surface area (TPSA) is 99.2 Å². The monoisotopic (exact) mass is 544 g/mol. The van der Waals surface area contributed by atoms with E-state index >= 15 is 0 Å². The van der Waals surface area contributed by atoms with Crippen molar-refractivity contribution in [2.45, 2.75) is 56.1 Å². The maximum atomic E-state index is 12.8. The van der Waals surface area contributed by atoms with Crippen LogP contribution in [0.15, 0.2) is 77.7 Å². The van der Waals surface area contributed by atoms with E-state index < -0.39 is 10.0 Å². The molecule has 39 heavy (non-hydrogen) atoms. The van der Waals surface area contributed by atoms with Crippen molar-refractivity contribution in [3.8, 4) is 0 Å². The molecule has 0 amide bonds. The molecule has 0 saturated heterocycles. The Kier molecular flexibility index (Phi) is 7.99. The quantitative estimate of drug-likeness (QED) is 0.262. The zero-order valence-corrected chi connectivity index (χ0v) is 23.5. The SMILES string of the molecule is Cc1ccc(S(=O)(=O)Nc2cccc(CN[C@H]3CC[C@@H](Nc4nc(N(C)C)c5ccccc5n4)CC3)c2)cc1. The molecule has 0 aliphatic heterocycles. The molecule has 1 aliphatic carbocycles. The van der Waals surface area contributed by atoms with Crippen LogP contribution < -0.4 is 20.3 Å². The van der Waals surface area contributed by atoms with E-state index in [4.69, 9.17) is 9.97 Å². The van der Waals surface area contributed by atoms with E-state index in [0.717, 1.165) is 53.5 Å². The van der Waals surface area contributed by atoms with E-state index in [2.05, 4.69) is 21.4 Å². The normalized spacial score (nSPS) is 17.6. The number of nitrogens with one attached hydrogen (secondary N) is 3. The molecule has 3 aromatic carbocycles. The number of nitrogens with zero attached hydrogens (tertiary/aromatic N) is 3. The average molecular weight is 545 g/mol. The second kappa shape index (κ2) is 11.6. The minimum Gasteiger partial charge on any atom is -0.362 e. The summed E-state index contributed by atoms with van der Waals surface area (Å²) >= 11 is 0. The van der Waals surface area contributed by atoms with Gasteiger partial charge in [-0.3, -0.25) is 4.72 Å². The smallest absolute Gasteiger partial charge is 0.261 e. The van der Waals surface area contributed by atoms with Gasteiger partial charge in [0.2, 0.25) is 5.95 Å². The van der Waals surface area contributed by atoms with Crippen molar-refractivity contribution in [1.82, 2.24) is 15.3 Å². The lowest BCUT2D eigenvalue weighted by Crippen LogP contribution is -2.37. The molecule has 5 rings (SSSR count). The summed E-state index contributed by atoms with van der Waals surface area (Å²) in [6, 6.07) is 23.3. The number of rotatable bonds is 9. The van der Waals surface area contributed by atoms with Crippen molar-refractivity contribution in [2.24, 2.45) is 0 Å². The molecular formula is C30H36N6O2S. The minimum absolute atomic E-state index is 0.258. The third kappa shape index (κ3) is 6.66. The highest BCUT2D eigenvalue weighted by atomic mass is 32.2. The molecule has 0 radical (unpaired) electrons. The van der Waals surface area contributed by atoms with Gasteiger partial charge in [0, 0.05) is 43.8 Å². The van der Waals surface area contributed by atoms with Crippen LogP contribution in [0.2, 0.25) is 0 Å². The number of sulfonamides is 1. The zero-order valence-electron chi connectivity index (χ0n) is 22.7. The Bertz CT molecular complexity index is 1530. The van der Waals surface area contributed by atoms with Crippen LogP contribution in [0.4, 0.5) is 17.5 Å². The number of hydrogen-bond donors (Lipinski definition) is 3. The Balaban J connectivity index is 1.14. The van der Waals surface area contributed by atoms with Gasteiger partial charge in [-0.05, 0) is 74.6 Å². The lowest BCUT2D eigenvalue weighted by molar-refractivity contribution is 0.352. The molecule has 1 aliphatic rings. The first-order valence-corrected chi connectivity index (χ1v) is 14.9. The highest BCUT2D eigenvalue weighted by Crippen LogP contribution is 2.27. The fraction of sp³-hybridized carbons (Fsp3) is 0.333. The van der Waals surface area contributed by atoms with Gasteiger partial charge in [0.15, 0.2) is 0 Å². The van der Waals surface area contributed by atoms with Crippen LogP contribution in [0.1, 0.15) is 36.8 Å². The number of aromatic nitrogens is 2. The van der Waals surface area contributed by atoms with Crippen LogP contribution in [0.5, 0.6) is 0 Å². The maximum Gasteiger partial charge on any atom is 0.261 e. The predicted molar refractivity (Wildman–Crippen MR) is 159 cm³/mol. The molecule has 0 bridgehead atoms. The van der Waals surface area contributed by atoms with Crippen LogP contribution in [-0.2, 0) is 16.6 Å². The molecule has 0 unspecified atom stereocenters. The predicted octanol–water partition coefficient (Wildman–Crippen LogP) is 5.32. The summed E-state index contributed by atoms with van der Waals surface area (Å²) in [6.07, 6.45) is 4.15. The van der Waals surface area contributed by atoms with Crippen molar-refractivity contribution in [3.05, 3.63) is 83.9 Å². The highest BCUT2D eigenvalue weighted by molar-refractivity contribution is 7.92. The average Bonchev–Trinajstić information content (AvgIpc) is 2.92. The Morgan fingerprint density at radius 2 is 1.59 bits per heavy atom. The van der Waals surface area contributed by atoms with Gasteiger partial charge in [-0.25, -0.2) is 13.4 Å². The van der Waals surface area contributed by atoms with Crippen molar-refractivity contribution in [1.29, 1.82) is 0 Å². The van der Waals surface area contributed by atoms with Crippen molar-refractivity contribution in [2.75, 3.05) is 29.0 Å². The summed E-state index contributed by atoms with van der Waals surface area (Å²) in [5.74, 6) is 1.60. The van der Waals surface area contributed by atoms with E-state index in [0.29, 0.717) is 30.3 Å². The summed E-state index contributed by atoms with van der Waals surface area (Å²) in [5, 5.41) is 8.27. The van der Waals surface area contributed by atoms with Crippen LogP contribution in [0.3, 0.4) is 0 Å². The van der Waals surface area contributed by atoms with E-state index in [1.807, 2.05) is 62.3 Å². The van der Waals surface area contributed by atoms with Crippen molar-refractivity contribution in [3.63, 3.8) is 0 Å². The number of anilines is 3. The van der Waals surface area contributed by atoms with E-state index in [1.165, 1.54) is 0 Å². The molecule has 1 aromatic heterocycles. The summed E-state index contributed by atoms with van der Waals surface area (Å²) in [4.78, 5) is 11.8. The van der Waals surface area contributed by atoms with Crippen LogP contribution in [0, 0.1) is 6.92 Å². The third-order valence-corrected chi connectivity index (χ3v) is 8.57. The lowest BCUT2D eigenvalue weighted by atomic mass is 9.91. The first kappa shape index (κ1) is 26.9. The third-order valence-electron chi connectivity index (χ3n) is 7.17. The number of para-hydroxylation sites is 1. The lowest BCUT2D eigenvalue weighted by Gasteiger charge is -2.30. The van der Waals surface area contributed by atoms with Crippen molar-refractivity contribution >= 4 is 38.4 Å². The van der Waals surface area contributed by atoms with Gasteiger partial charge in [0.05, 0.1) is 10.4 Å². The summed E-state index contributed by atoms with van der Waals surface area (Å²) < 4.78 is 28.2. The van der Waals surface area contributed by atoms with Crippen LogP contribution >= 0.6 is 0 Å². The molecule has 1 saturated carbocycles. The minimum atomic E-state index is -3.62. The van der Waals surface area contributed by atoms with E-state index in [9.17, 15) is 8.42 Å². The van der Waals surface area contributed by atoms with Crippen molar-refractivity contribution < 1.29 is 8.42 Å². The molecule has 8 nitrogen and oxygen atoms in total. The van der Waals surface area contributed by atoms with Gasteiger partial charge < -0.3 is 15.5 Å². The second-order valence-corrected chi connectivity index (χ2v) is 12.2. The van der Waals surface area contributed by atoms with Gasteiger partial charge in [-0.15, -0.1) is 0 Å². The molecule has 0 atom stereocenters. The van der Waals surface area contributed by atoms with Crippen LogP contribution in [-0.4, -0.2) is 44.6 Å². The largest absolute Gasteiger partial charge is 0.362 e. The molecule has 204 valence electrons. The van der Waals surface area contributed by atoms with Gasteiger partial charge >= 0.3 is 0 Å². The van der Waals surface area contributed by atoms with Gasteiger partial charge in [-0.1, -0.05) is 42.0 Å². The summed E-state index contributed by atoms with van der Waals surface area (Å²) in [6.45, 7) is 2.62. The summed E-state index contributed by atoms with van der Waals surface area (Å²) in [7, 11) is 0.384. The van der Waals surface area contributed by atoms with Gasteiger partial charge in [-0.2, -0.15) is 4.98 Å². The highest BCUT2D eigenvalue weighted by Gasteiger charge is 2.22. The second-order valence-electron chi connectivity index (χ2n) is 10.5. The molecule has 1 fully saturated rings. The fourth-order valence-electron chi connectivity index (χ4n) is 5.03. The van der Waals surface area contributed by atoms with Gasteiger partial charge in [0.1, 0.15) is 5.82 Å². The van der Waals surface area contributed by atoms with E-state index in [1.54, 1.807) is 30.3 Å². The molecule has 0 spiro atoms. The Labute approximate surface area is 230 Å². The van der Waals surface area contributed by atoms with E-state index in [-0.39, 0.29) is 4.90 Å². The maximum absolute atomic E-state index is 12.8. The molecule has 3 N–H and O–H groups in total. The molecule has 4 aromatic rings. The number of fused-ring (bicyclic) bond motifs is 1. The fourth-order valence-corrected chi connectivity index (χ4v) is 6.08.